The van der Waals surface area contributed by atoms with Gasteiger partial charge in [0, 0.05) is 11.1 Å². The third-order valence-electron chi connectivity index (χ3n) is 3.94. The Kier molecular flexibility index (Phi) is 3.70. The SMILES string of the molecule is O=C1S[C@H](Nc2cccc3ccccc23)C(=O)N1c1ccccc1. The summed E-state index contributed by atoms with van der Waals surface area (Å²) in [7, 11) is 0. The molecule has 2 amide bonds. The van der Waals surface area contributed by atoms with E-state index in [1.54, 1.807) is 12.1 Å². The largest absolute Gasteiger partial charge is 0.365 e. The molecule has 1 saturated heterocycles. The molecule has 24 heavy (non-hydrogen) atoms. The first kappa shape index (κ1) is 14.8. The molecule has 4 nitrogen and oxygen atoms in total. The van der Waals surface area contributed by atoms with Crippen molar-refractivity contribution >= 4 is 45.1 Å². The number of benzene rings is 3. The van der Waals surface area contributed by atoms with Crippen LogP contribution >= 0.6 is 11.8 Å². The number of rotatable bonds is 3. The molecule has 0 aromatic heterocycles. The molecule has 118 valence electrons. The number of para-hydroxylation sites is 1. The van der Waals surface area contributed by atoms with E-state index in [1.165, 1.54) is 4.90 Å². The highest BCUT2D eigenvalue weighted by Crippen LogP contribution is 2.33. The highest BCUT2D eigenvalue weighted by Gasteiger charge is 2.40. The van der Waals surface area contributed by atoms with E-state index in [-0.39, 0.29) is 11.1 Å². The van der Waals surface area contributed by atoms with Crippen molar-refractivity contribution in [2.24, 2.45) is 0 Å². The van der Waals surface area contributed by atoms with E-state index < -0.39 is 5.37 Å². The van der Waals surface area contributed by atoms with Gasteiger partial charge in [0.25, 0.3) is 11.1 Å². The Morgan fingerprint density at radius 3 is 2.38 bits per heavy atom. The van der Waals surface area contributed by atoms with E-state index in [0.717, 1.165) is 28.2 Å². The van der Waals surface area contributed by atoms with Crippen LogP contribution in [-0.4, -0.2) is 16.5 Å². The molecular formula is C19H14N2O2S. The minimum absolute atomic E-state index is 0.246. The number of anilines is 2. The summed E-state index contributed by atoms with van der Waals surface area (Å²) in [5.41, 5.74) is 1.45. The molecule has 1 fully saturated rings. The molecule has 1 aliphatic heterocycles. The molecular weight excluding hydrogens is 320 g/mol. The van der Waals surface area contributed by atoms with Gasteiger partial charge in [0.05, 0.1) is 5.69 Å². The second-order valence-electron chi connectivity index (χ2n) is 5.44. The summed E-state index contributed by atoms with van der Waals surface area (Å²) in [4.78, 5) is 26.2. The molecule has 1 aliphatic rings. The first-order valence-electron chi connectivity index (χ1n) is 7.58. The molecule has 0 bridgehead atoms. The van der Waals surface area contributed by atoms with Crippen molar-refractivity contribution in [3.8, 4) is 0 Å². The standard InChI is InChI=1S/C19H14N2O2S/c22-18-17(24-19(23)21(18)14-9-2-1-3-10-14)20-16-12-6-8-13-7-4-5-11-15(13)16/h1-12,17,20H/t17-/m0/s1. The maximum atomic E-state index is 12.7. The molecule has 0 spiro atoms. The number of nitrogens with zero attached hydrogens (tertiary/aromatic N) is 1. The minimum Gasteiger partial charge on any atom is -0.365 e. The van der Waals surface area contributed by atoms with Crippen molar-refractivity contribution < 1.29 is 9.59 Å². The molecule has 4 rings (SSSR count). The number of thioether (sulfide) groups is 1. The van der Waals surface area contributed by atoms with Crippen LogP contribution in [0.2, 0.25) is 0 Å². The van der Waals surface area contributed by atoms with Crippen LogP contribution in [0.5, 0.6) is 0 Å². The van der Waals surface area contributed by atoms with Crippen LogP contribution < -0.4 is 10.2 Å². The smallest absolute Gasteiger partial charge is 0.295 e. The Balaban J connectivity index is 1.64. The van der Waals surface area contributed by atoms with Crippen LogP contribution in [0.15, 0.2) is 72.8 Å². The lowest BCUT2D eigenvalue weighted by molar-refractivity contribution is -0.116. The van der Waals surface area contributed by atoms with Gasteiger partial charge in [-0.1, -0.05) is 54.6 Å². The van der Waals surface area contributed by atoms with Crippen LogP contribution in [0.3, 0.4) is 0 Å². The normalized spacial score (nSPS) is 17.5. The molecule has 0 radical (unpaired) electrons. The zero-order valence-corrected chi connectivity index (χ0v) is 13.5. The van der Waals surface area contributed by atoms with Crippen molar-refractivity contribution in [1.29, 1.82) is 0 Å². The van der Waals surface area contributed by atoms with E-state index in [0.29, 0.717) is 5.69 Å². The van der Waals surface area contributed by atoms with Crippen LogP contribution in [0.1, 0.15) is 0 Å². The van der Waals surface area contributed by atoms with E-state index in [2.05, 4.69) is 5.32 Å². The van der Waals surface area contributed by atoms with Gasteiger partial charge in [-0.05, 0) is 35.3 Å². The quantitative estimate of drug-likeness (QED) is 0.767. The number of carbonyl (C=O) groups is 2. The lowest BCUT2D eigenvalue weighted by Crippen LogP contribution is -2.34. The maximum absolute atomic E-state index is 12.7. The van der Waals surface area contributed by atoms with Gasteiger partial charge < -0.3 is 5.32 Å². The molecule has 5 heteroatoms. The van der Waals surface area contributed by atoms with Crippen molar-refractivity contribution in [3.05, 3.63) is 72.8 Å². The van der Waals surface area contributed by atoms with Crippen LogP contribution in [0.25, 0.3) is 10.8 Å². The average Bonchev–Trinajstić information content (AvgIpc) is 2.90. The first-order chi connectivity index (χ1) is 11.7. The predicted molar refractivity (Wildman–Crippen MR) is 98.3 cm³/mol. The summed E-state index contributed by atoms with van der Waals surface area (Å²) in [5, 5.41) is 4.45. The average molecular weight is 334 g/mol. The Morgan fingerprint density at radius 2 is 1.54 bits per heavy atom. The molecule has 0 saturated carbocycles. The van der Waals surface area contributed by atoms with Gasteiger partial charge >= 0.3 is 0 Å². The van der Waals surface area contributed by atoms with Gasteiger partial charge in [0.2, 0.25) is 0 Å². The summed E-state index contributed by atoms with van der Waals surface area (Å²) < 4.78 is 0. The second kappa shape index (κ2) is 6.02. The number of hydrogen-bond acceptors (Lipinski definition) is 4. The van der Waals surface area contributed by atoms with Crippen LogP contribution in [-0.2, 0) is 4.79 Å². The summed E-state index contributed by atoms with van der Waals surface area (Å²) in [6.45, 7) is 0. The van der Waals surface area contributed by atoms with Gasteiger partial charge in [0.15, 0.2) is 5.37 Å². The Labute approximate surface area is 143 Å². The lowest BCUT2D eigenvalue weighted by Gasteiger charge is -2.15. The molecule has 1 N–H and O–H groups in total. The first-order valence-corrected chi connectivity index (χ1v) is 8.46. The highest BCUT2D eigenvalue weighted by atomic mass is 32.2. The molecule has 1 atom stereocenters. The van der Waals surface area contributed by atoms with E-state index >= 15 is 0 Å². The van der Waals surface area contributed by atoms with Crippen LogP contribution in [0.4, 0.5) is 16.2 Å². The number of fused-ring (bicyclic) bond motifs is 1. The molecule has 0 unspecified atom stereocenters. The summed E-state index contributed by atoms with van der Waals surface area (Å²) in [5.74, 6) is -0.246. The number of carbonyl (C=O) groups excluding carboxylic acids is 2. The summed E-state index contributed by atoms with van der Waals surface area (Å²) in [6, 6.07) is 22.8. The van der Waals surface area contributed by atoms with Crippen molar-refractivity contribution in [2.75, 3.05) is 10.2 Å². The Morgan fingerprint density at radius 1 is 0.833 bits per heavy atom. The summed E-state index contributed by atoms with van der Waals surface area (Å²) in [6.07, 6.45) is 0. The Hall–Kier alpha value is -2.79. The van der Waals surface area contributed by atoms with Gasteiger partial charge in [-0.2, -0.15) is 0 Å². The van der Waals surface area contributed by atoms with Gasteiger partial charge in [0.1, 0.15) is 0 Å². The maximum Gasteiger partial charge on any atom is 0.295 e. The lowest BCUT2D eigenvalue weighted by atomic mass is 10.1. The zero-order valence-electron chi connectivity index (χ0n) is 12.7. The predicted octanol–water partition coefficient (Wildman–Crippen LogP) is 4.48. The monoisotopic (exact) mass is 334 g/mol. The number of hydrogen-bond donors (Lipinski definition) is 1. The van der Waals surface area contributed by atoms with E-state index in [9.17, 15) is 9.59 Å². The van der Waals surface area contributed by atoms with E-state index in [1.807, 2.05) is 60.7 Å². The van der Waals surface area contributed by atoms with Crippen molar-refractivity contribution in [3.63, 3.8) is 0 Å². The fourth-order valence-corrected chi connectivity index (χ4v) is 3.70. The summed E-state index contributed by atoms with van der Waals surface area (Å²) >= 11 is 1.01. The van der Waals surface area contributed by atoms with Crippen molar-refractivity contribution in [2.45, 2.75) is 5.37 Å². The molecule has 3 aromatic carbocycles. The van der Waals surface area contributed by atoms with Gasteiger partial charge in [-0.3, -0.25) is 9.59 Å². The number of nitrogens with one attached hydrogen (secondary N) is 1. The third-order valence-corrected chi connectivity index (χ3v) is 4.88. The van der Waals surface area contributed by atoms with Gasteiger partial charge in [-0.15, -0.1) is 0 Å². The topological polar surface area (TPSA) is 49.4 Å². The number of amides is 2. The van der Waals surface area contributed by atoms with Gasteiger partial charge in [-0.25, -0.2) is 4.90 Å². The fourth-order valence-electron chi connectivity index (χ4n) is 2.80. The highest BCUT2D eigenvalue weighted by molar-refractivity contribution is 8.16. The van der Waals surface area contributed by atoms with Crippen molar-refractivity contribution in [1.82, 2.24) is 0 Å². The van der Waals surface area contributed by atoms with Crippen LogP contribution in [0, 0.1) is 0 Å². The third kappa shape index (κ3) is 2.53. The second-order valence-corrected chi connectivity index (χ2v) is 6.50. The zero-order chi connectivity index (χ0) is 16.5. The Bertz CT molecular complexity index is 922. The number of imide groups is 1. The fraction of sp³-hybridized carbons (Fsp3) is 0.0526. The van der Waals surface area contributed by atoms with E-state index in [4.69, 9.17) is 0 Å². The molecule has 0 aliphatic carbocycles. The minimum atomic E-state index is -0.622. The molecule has 3 aromatic rings. The molecule has 1 heterocycles.